The van der Waals surface area contributed by atoms with Gasteiger partial charge in [-0.15, -0.1) is 0 Å². The molecule has 0 spiro atoms. The van der Waals surface area contributed by atoms with Crippen molar-refractivity contribution >= 4 is 0 Å². The van der Waals surface area contributed by atoms with Gasteiger partial charge in [-0.05, 0) is 24.4 Å². The quantitative estimate of drug-likeness (QED) is 0.697. The van der Waals surface area contributed by atoms with Crippen LogP contribution in [0.15, 0.2) is 12.3 Å². The van der Waals surface area contributed by atoms with Gasteiger partial charge in [0.05, 0.1) is 5.69 Å². The van der Waals surface area contributed by atoms with Gasteiger partial charge in [0.15, 0.2) is 0 Å². The summed E-state index contributed by atoms with van der Waals surface area (Å²) in [4.78, 5) is 2.55. The molecule has 0 aromatic carbocycles. The molecule has 1 aliphatic carbocycles. The van der Waals surface area contributed by atoms with Crippen LogP contribution in [0, 0.1) is 11.8 Å². The van der Waals surface area contributed by atoms with Gasteiger partial charge in [0.25, 0.3) is 0 Å². The number of aryl methyl sites for hydroxylation is 1. The van der Waals surface area contributed by atoms with E-state index in [1.54, 1.807) is 0 Å². The highest BCUT2D eigenvalue weighted by molar-refractivity contribution is 5.23. The van der Waals surface area contributed by atoms with Crippen LogP contribution in [0.2, 0.25) is 0 Å². The summed E-state index contributed by atoms with van der Waals surface area (Å²) in [7, 11) is 2.00. The number of nitrogens with zero attached hydrogens (tertiary/aromatic N) is 3. The van der Waals surface area contributed by atoms with Crippen LogP contribution in [-0.2, 0) is 7.05 Å². The Morgan fingerprint density at radius 2 is 2.14 bits per heavy atom. The van der Waals surface area contributed by atoms with Crippen LogP contribution in [0.3, 0.4) is 0 Å². The first kappa shape index (κ1) is 8.48. The van der Waals surface area contributed by atoms with E-state index in [2.05, 4.69) is 29.2 Å². The van der Waals surface area contributed by atoms with Crippen molar-refractivity contribution in [2.24, 2.45) is 18.9 Å². The van der Waals surface area contributed by atoms with Crippen molar-refractivity contribution in [3.63, 3.8) is 0 Å². The first-order valence-corrected chi connectivity index (χ1v) is 5.51. The van der Waals surface area contributed by atoms with Crippen molar-refractivity contribution in [1.82, 2.24) is 14.7 Å². The number of likely N-dealkylation sites (tertiary alicyclic amines) is 1. The summed E-state index contributed by atoms with van der Waals surface area (Å²) in [5, 5.41) is 4.50. The lowest BCUT2D eigenvalue weighted by Crippen LogP contribution is -2.23. The predicted molar refractivity (Wildman–Crippen MR) is 55.0 cm³/mol. The van der Waals surface area contributed by atoms with Crippen molar-refractivity contribution in [3.05, 3.63) is 18.0 Å². The molecule has 3 nitrogen and oxygen atoms in total. The Kier molecular flexibility index (Phi) is 1.71. The molecule has 2 unspecified atom stereocenters. The molecule has 0 bridgehead atoms. The van der Waals surface area contributed by atoms with Crippen LogP contribution in [0.4, 0.5) is 0 Å². The molecule has 14 heavy (non-hydrogen) atoms. The van der Waals surface area contributed by atoms with Crippen LogP contribution in [0.1, 0.15) is 18.5 Å². The Labute approximate surface area is 84.7 Å². The number of rotatable bonds is 2. The van der Waals surface area contributed by atoms with Crippen LogP contribution in [0.5, 0.6) is 0 Å². The molecule has 0 N–H and O–H groups in total. The maximum absolute atomic E-state index is 4.50. The van der Waals surface area contributed by atoms with E-state index in [0.717, 1.165) is 17.8 Å². The maximum Gasteiger partial charge on any atom is 0.0662 e. The van der Waals surface area contributed by atoms with Gasteiger partial charge < -0.3 is 4.90 Å². The lowest BCUT2D eigenvalue weighted by atomic mass is 10.2. The van der Waals surface area contributed by atoms with Gasteiger partial charge in [0.1, 0.15) is 0 Å². The molecule has 3 heteroatoms. The normalized spacial score (nSPS) is 36.0. The fourth-order valence-corrected chi connectivity index (χ4v) is 2.92. The van der Waals surface area contributed by atoms with E-state index in [4.69, 9.17) is 0 Å². The number of fused-ring (bicyclic) bond motifs is 1. The van der Waals surface area contributed by atoms with Crippen LogP contribution < -0.4 is 0 Å². The minimum Gasteiger partial charge on any atom is -0.303 e. The van der Waals surface area contributed by atoms with Gasteiger partial charge >= 0.3 is 0 Å². The summed E-state index contributed by atoms with van der Waals surface area (Å²) in [6.45, 7) is 6.05. The fourth-order valence-electron chi connectivity index (χ4n) is 2.92. The molecule has 0 radical (unpaired) electrons. The SMILES string of the molecule is CCN1CC2C(C1)C2c1ccn(C)n1. The number of hydrogen-bond acceptors (Lipinski definition) is 2. The van der Waals surface area contributed by atoms with E-state index in [1.807, 2.05) is 11.7 Å². The van der Waals surface area contributed by atoms with Gasteiger partial charge in [-0.1, -0.05) is 6.92 Å². The second-order valence-corrected chi connectivity index (χ2v) is 4.62. The summed E-state index contributed by atoms with van der Waals surface area (Å²) >= 11 is 0. The van der Waals surface area contributed by atoms with Crippen molar-refractivity contribution in [2.75, 3.05) is 19.6 Å². The zero-order valence-electron chi connectivity index (χ0n) is 8.85. The van der Waals surface area contributed by atoms with Crippen molar-refractivity contribution in [3.8, 4) is 0 Å². The van der Waals surface area contributed by atoms with Crippen LogP contribution >= 0.6 is 0 Å². The molecule has 76 valence electrons. The predicted octanol–water partition coefficient (Wildman–Crippen LogP) is 1.09. The third kappa shape index (κ3) is 1.12. The van der Waals surface area contributed by atoms with E-state index in [0.29, 0.717) is 0 Å². The molecular weight excluding hydrogens is 174 g/mol. The first-order valence-electron chi connectivity index (χ1n) is 5.51. The van der Waals surface area contributed by atoms with Crippen molar-refractivity contribution in [1.29, 1.82) is 0 Å². The Balaban J connectivity index is 1.70. The molecule has 1 aliphatic heterocycles. The smallest absolute Gasteiger partial charge is 0.0662 e. The minimum atomic E-state index is 0.777. The monoisotopic (exact) mass is 191 g/mol. The third-order valence-corrected chi connectivity index (χ3v) is 3.79. The zero-order chi connectivity index (χ0) is 9.71. The van der Waals surface area contributed by atoms with Crippen LogP contribution in [-0.4, -0.2) is 34.3 Å². The molecule has 2 fully saturated rings. The molecule has 1 aromatic heterocycles. The van der Waals surface area contributed by atoms with Gasteiger partial charge in [-0.2, -0.15) is 5.10 Å². The molecule has 0 amide bonds. The summed E-state index contributed by atoms with van der Waals surface area (Å²) in [6.07, 6.45) is 2.06. The summed E-state index contributed by atoms with van der Waals surface area (Å²) in [6, 6.07) is 2.18. The highest BCUT2D eigenvalue weighted by Gasteiger charge is 2.56. The molecule has 2 atom stereocenters. The second-order valence-electron chi connectivity index (χ2n) is 4.62. The Bertz CT molecular complexity index is 332. The van der Waals surface area contributed by atoms with E-state index in [-0.39, 0.29) is 0 Å². The molecule has 2 heterocycles. The van der Waals surface area contributed by atoms with E-state index in [9.17, 15) is 0 Å². The summed E-state index contributed by atoms with van der Waals surface area (Å²) in [5.41, 5.74) is 1.32. The summed E-state index contributed by atoms with van der Waals surface area (Å²) in [5.74, 6) is 2.59. The highest BCUT2D eigenvalue weighted by atomic mass is 15.3. The number of aromatic nitrogens is 2. The maximum atomic E-state index is 4.50. The van der Waals surface area contributed by atoms with Gasteiger partial charge in [-0.25, -0.2) is 0 Å². The Morgan fingerprint density at radius 1 is 1.43 bits per heavy atom. The Morgan fingerprint density at radius 3 is 2.64 bits per heavy atom. The molecule has 1 aromatic rings. The lowest BCUT2D eigenvalue weighted by molar-refractivity contribution is 0.313. The number of piperidine rings is 1. The topological polar surface area (TPSA) is 21.1 Å². The van der Waals surface area contributed by atoms with Gasteiger partial charge in [0, 0.05) is 32.3 Å². The number of hydrogen-bond donors (Lipinski definition) is 0. The molecule has 3 rings (SSSR count). The second kappa shape index (κ2) is 2.83. The molecule has 1 saturated heterocycles. The average Bonchev–Trinajstić information content (AvgIpc) is 2.60. The average molecular weight is 191 g/mol. The summed E-state index contributed by atoms with van der Waals surface area (Å²) < 4.78 is 1.92. The lowest BCUT2D eigenvalue weighted by Gasteiger charge is -2.15. The largest absolute Gasteiger partial charge is 0.303 e. The molecule has 1 saturated carbocycles. The zero-order valence-corrected chi connectivity index (χ0v) is 8.85. The van der Waals surface area contributed by atoms with Crippen LogP contribution in [0.25, 0.3) is 0 Å². The standard InChI is InChI=1S/C11H17N3/c1-3-14-6-8-9(7-14)11(8)10-4-5-13(2)12-10/h4-5,8-9,11H,3,6-7H2,1-2H3. The Hall–Kier alpha value is -0.830. The van der Waals surface area contributed by atoms with E-state index < -0.39 is 0 Å². The van der Waals surface area contributed by atoms with Gasteiger partial charge in [-0.3, -0.25) is 4.68 Å². The van der Waals surface area contributed by atoms with Crippen molar-refractivity contribution < 1.29 is 0 Å². The van der Waals surface area contributed by atoms with E-state index >= 15 is 0 Å². The van der Waals surface area contributed by atoms with E-state index in [1.165, 1.54) is 25.3 Å². The first-order chi connectivity index (χ1) is 6.79. The minimum absolute atomic E-state index is 0.777. The molecule has 2 aliphatic rings. The third-order valence-electron chi connectivity index (χ3n) is 3.79. The molecular formula is C11H17N3. The fraction of sp³-hybridized carbons (Fsp3) is 0.727. The highest BCUT2D eigenvalue weighted by Crippen LogP contribution is 2.57. The van der Waals surface area contributed by atoms with Crippen molar-refractivity contribution in [2.45, 2.75) is 12.8 Å². The van der Waals surface area contributed by atoms with Gasteiger partial charge in [0.2, 0.25) is 0 Å².